The largest absolute Gasteiger partial charge is 0.375 e. The summed E-state index contributed by atoms with van der Waals surface area (Å²) in [4.78, 5) is 26.9. The minimum Gasteiger partial charge on any atom is -0.375 e. The first kappa shape index (κ1) is 19.4. The van der Waals surface area contributed by atoms with Crippen molar-refractivity contribution in [3.63, 3.8) is 0 Å². The third-order valence-electron chi connectivity index (χ3n) is 7.90. The van der Waals surface area contributed by atoms with E-state index in [4.69, 9.17) is 4.74 Å². The molecule has 6 rings (SSSR count). The summed E-state index contributed by atoms with van der Waals surface area (Å²) in [6.07, 6.45) is 11.1. The van der Waals surface area contributed by atoms with Crippen molar-refractivity contribution < 1.29 is 4.74 Å². The molecule has 7 nitrogen and oxygen atoms in total. The van der Waals surface area contributed by atoms with Crippen LogP contribution in [-0.4, -0.2) is 57.8 Å². The molecular weight excluding hydrogens is 390 g/mol. The predicted molar refractivity (Wildman–Crippen MR) is 118 cm³/mol. The maximum Gasteiger partial charge on any atom is 0.255 e. The molecule has 0 N–H and O–H groups in total. The Labute approximate surface area is 183 Å². The Balaban J connectivity index is 1.18. The third kappa shape index (κ3) is 3.57. The number of nitrogens with zero attached hydrogens (tertiary/aromatic N) is 5. The first-order valence-electron chi connectivity index (χ1n) is 11.8. The van der Waals surface area contributed by atoms with Crippen LogP contribution in [0.1, 0.15) is 49.3 Å². The van der Waals surface area contributed by atoms with Gasteiger partial charge in [-0.2, -0.15) is 0 Å². The maximum absolute atomic E-state index is 13.4. The Bertz CT molecular complexity index is 991. The van der Waals surface area contributed by atoms with E-state index in [0.717, 1.165) is 76.5 Å². The highest BCUT2D eigenvalue weighted by Crippen LogP contribution is 2.37. The van der Waals surface area contributed by atoms with Gasteiger partial charge in [-0.1, -0.05) is 6.07 Å². The van der Waals surface area contributed by atoms with Gasteiger partial charge >= 0.3 is 0 Å². The summed E-state index contributed by atoms with van der Waals surface area (Å²) in [5, 5.41) is 0. The lowest BCUT2D eigenvalue weighted by molar-refractivity contribution is -0.0448. The van der Waals surface area contributed by atoms with Gasteiger partial charge in [-0.25, -0.2) is 4.98 Å². The van der Waals surface area contributed by atoms with E-state index in [2.05, 4.69) is 36.5 Å². The first-order chi connectivity index (χ1) is 15.2. The van der Waals surface area contributed by atoms with Crippen molar-refractivity contribution >= 4 is 5.82 Å². The number of piperidine rings is 2. The van der Waals surface area contributed by atoms with Crippen molar-refractivity contribution in [3.8, 4) is 0 Å². The summed E-state index contributed by atoms with van der Waals surface area (Å²) in [7, 11) is 0. The van der Waals surface area contributed by atoms with E-state index in [9.17, 15) is 4.79 Å². The number of likely N-dealkylation sites (tertiary alicyclic amines) is 1. The summed E-state index contributed by atoms with van der Waals surface area (Å²) in [6, 6.07) is 4.30. The van der Waals surface area contributed by atoms with Crippen LogP contribution in [0.3, 0.4) is 0 Å². The zero-order valence-corrected chi connectivity index (χ0v) is 18.1. The van der Waals surface area contributed by atoms with E-state index in [1.807, 2.05) is 6.20 Å². The molecule has 4 aliphatic rings. The van der Waals surface area contributed by atoms with Crippen molar-refractivity contribution in [1.82, 2.24) is 19.4 Å². The van der Waals surface area contributed by atoms with Crippen molar-refractivity contribution in [1.29, 1.82) is 0 Å². The molecule has 1 spiro atoms. The zero-order valence-electron chi connectivity index (χ0n) is 18.1. The first-order valence-corrected chi connectivity index (χ1v) is 11.8. The number of aromatic nitrogens is 3. The van der Waals surface area contributed by atoms with Gasteiger partial charge in [0.1, 0.15) is 5.82 Å². The Morgan fingerprint density at radius 3 is 2.77 bits per heavy atom. The van der Waals surface area contributed by atoms with Gasteiger partial charge in [0.2, 0.25) is 0 Å². The van der Waals surface area contributed by atoms with Gasteiger partial charge in [-0.05, 0) is 44.1 Å². The van der Waals surface area contributed by atoms with Crippen molar-refractivity contribution in [2.75, 3.05) is 37.7 Å². The molecule has 0 aromatic carbocycles. The fraction of sp³-hybridized carbons (Fsp3) is 0.625. The molecule has 31 heavy (non-hydrogen) atoms. The van der Waals surface area contributed by atoms with E-state index in [1.165, 1.54) is 18.5 Å². The topological polar surface area (TPSA) is 63.5 Å². The number of hydrogen-bond donors (Lipinski definition) is 0. The van der Waals surface area contributed by atoms with Gasteiger partial charge < -0.3 is 14.2 Å². The van der Waals surface area contributed by atoms with Crippen LogP contribution in [0.2, 0.25) is 0 Å². The molecule has 2 aromatic rings. The second kappa shape index (κ2) is 7.71. The van der Waals surface area contributed by atoms with E-state index in [0.29, 0.717) is 11.8 Å². The van der Waals surface area contributed by atoms with Crippen LogP contribution in [0.5, 0.6) is 0 Å². The highest BCUT2D eigenvalue weighted by molar-refractivity contribution is 5.38. The SMILES string of the molecule is O=c1c(CN2CCC3(CCCO3)CC2)ccc2n1C[C@H]1C[C@@H]2CN(c2cnccn2)C1. The average Bonchev–Trinajstić information content (AvgIpc) is 3.26. The summed E-state index contributed by atoms with van der Waals surface area (Å²) in [5.74, 6) is 1.81. The molecule has 3 saturated heterocycles. The summed E-state index contributed by atoms with van der Waals surface area (Å²) in [5.41, 5.74) is 2.49. The van der Waals surface area contributed by atoms with Gasteiger partial charge in [-0.3, -0.25) is 14.7 Å². The van der Waals surface area contributed by atoms with E-state index < -0.39 is 0 Å². The van der Waals surface area contributed by atoms with Crippen molar-refractivity contribution in [2.45, 2.75) is 56.7 Å². The number of hydrogen-bond acceptors (Lipinski definition) is 6. The van der Waals surface area contributed by atoms with Crippen molar-refractivity contribution in [2.24, 2.45) is 5.92 Å². The quantitative estimate of drug-likeness (QED) is 0.759. The summed E-state index contributed by atoms with van der Waals surface area (Å²) in [6.45, 7) is 6.39. The molecule has 6 heterocycles. The number of fused-ring (bicyclic) bond motifs is 4. The van der Waals surface area contributed by atoms with Crippen LogP contribution in [-0.2, 0) is 17.8 Å². The second-order valence-electron chi connectivity index (χ2n) is 9.88. The highest BCUT2D eigenvalue weighted by Gasteiger charge is 2.39. The van der Waals surface area contributed by atoms with Crippen LogP contribution in [0.4, 0.5) is 5.82 Å². The molecule has 2 bridgehead atoms. The molecule has 0 unspecified atom stereocenters. The lowest BCUT2D eigenvalue weighted by Crippen LogP contribution is -2.48. The van der Waals surface area contributed by atoms with Crippen LogP contribution in [0.25, 0.3) is 0 Å². The van der Waals surface area contributed by atoms with Gasteiger partial charge in [-0.15, -0.1) is 0 Å². The van der Waals surface area contributed by atoms with Gasteiger partial charge in [0, 0.05) is 75.4 Å². The molecule has 2 atom stereocenters. The standard InChI is InChI=1S/C24H31N5O2/c30-23-19(16-27-9-5-24(6-10-27)4-1-11-31-24)2-3-21-20-12-18(15-29(21)23)14-28(17-20)22-13-25-7-8-26-22/h2-3,7-8,13,18,20H,1,4-6,9-12,14-17H2/t18-,20+/m0/s1. The smallest absolute Gasteiger partial charge is 0.255 e. The number of ether oxygens (including phenoxy) is 1. The van der Waals surface area contributed by atoms with Crippen LogP contribution in [0, 0.1) is 5.92 Å². The fourth-order valence-electron chi connectivity index (χ4n) is 6.26. The molecule has 0 amide bonds. The van der Waals surface area contributed by atoms with E-state index in [1.54, 1.807) is 12.4 Å². The second-order valence-corrected chi connectivity index (χ2v) is 9.88. The Morgan fingerprint density at radius 1 is 1.10 bits per heavy atom. The average molecular weight is 422 g/mol. The summed E-state index contributed by atoms with van der Waals surface area (Å²) >= 11 is 0. The summed E-state index contributed by atoms with van der Waals surface area (Å²) < 4.78 is 8.13. The molecule has 164 valence electrons. The highest BCUT2D eigenvalue weighted by atomic mass is 16.5. The van der Waals surface area contributed by atoms with E-state index in [-0.39, 0.29) is 11.2 Å². The molecule has 0 radical (unpaired) electrons. The molecule has 7 heteroatoms. The van der Waals surface area contributed by atoms with Crippen LogP contribution < -0.4 is 10.5 Å². The van der Waals surface area contributed by atoms with Gasteiger partial charge in [0.15, 0.2) is 0 Å². The molecule has 2 aromatic heterocycles. The Kier molecular flexibility index (Phi) is 4.83. The normalized spacial score (nSPS) is 27.4. The Hall–Kier alpha value is -2.25. The minimum atomic E-state index is 0.133. The van der Waals surface area contributed by atoms with Crippen molar-refractivity contribution in [3.05, 3.63) is 52.3 Å². The van der Waals surface area contributed by atoms with E-state index >= 15 is 0 Å². The molecule has 3 fully saturated rings. The number of pyridine rings is 1. The number of anilines is 1. The lowest BCUT2D eigenvalue weighted by atomic mass is 9.83. The van der Waals surface area contributed by atoms with Gasteiger partial charge in [0.05, 0.1) is 11.8 Å². The molecule has 4 aliphatic heterocycles. The molecule has 0 saturated carbocycles. The predicted octanol–water partition coefficient (Wildman–Crippen LogP) is 2.41. The van der Waals surface area contributed by atoms with Gasteiger partial charge in [0.25, 0.3) is 5.56 Å². The minimum absolute atomic E-state index is 0.133. The zero-order chi connectivity index (χ0) is 20.8. The van der Waals surface area contributed by atoms with Crippen LogP contribution in [0.15, 0.2) is 35.5 Å². The monoisotopic (exact) mass is 421 g/mol. The fourth-order valence-corrected chi connectivity index (χ4v) is 6.26. The molecular formula is C24H31N5O2. The molecule has 0 aliphatic carbocycles. The van der Waals surface area contributed by atoms with Crippen LogP contribution >= 0.6 is 0 Å². The Morgan fingerprint density at radius 2 is 2.00 bits per heavy atom. The lowest BCUT2D eigenvalue weighted by Gasteiger charge is -2.43. The third-order valence-corrected chi connectivity index (χ3v) is 7.90. The number of rotatable bonds is 3. The maximum atomic E-state index is 13.4.